The predicted octanol–water partition coefficient (Wildman–Crippen LogP) is 2.57. The molecule has 0 bridgehead atoms. The number of aromatic nitrogens is 4. The Balaban J connectivity index is 1.64. The van der Waals surface area contributed by atoms with Gasteiger partial charge in [0.2, 0.25) is 11.1 Å². The summed E-state index contributed by atoms with van der Waals surface area (Å²) in [6.07, 6.45) is 0. The summed E-state index contributed by atoms with van der Waals surface area (Å²) in [4.78, 5) is 14.0. The minimum Gasteiger partial charge on any atom is -0.494 e. The zero-order chi connectivity index (χ0) is 20.8. The van der Waals surface area contributed by atoms with Crippen molar-refractivity contribution in [3.05, 3.63) is 53.8 Å². The van der Waals surface area contributed by atoms with Crippen LogP contribution in [0.2, 0.25) is 0 Å². The SMILES string of the molecule is COc1ccc(CN(C)C(=O)CSc2nnnn2-c2ccccc2OC)cc1F. The van der Waals surface area contributed by atoms with Gasteiger partial charge in [-0.05, 0) is 40.3 Å². The van der Waals surface area contributed by atoms with E-state index in [-0.39, 0.29) is 24.0 Å². The highest BCUT2D eigenvalue weighted by Gasteiger charge is 2.17. The van der Waals surface area contributed by atoms with Crippen molar-refractivity contribution in [3.8, 4) is 17.2 Å². The zero-order valence-electron chi connectivity index (χ0n) is 16.2. The van der Waals surface area contributed by atoms with E-state index >= 15 is 0 Å². The van der Waals surface area contributed by atoms with Crippen LogP contribution in [0.25, 0.3) is 5.69 Å². The lowest BCUT2D eigenvalue weighted by Crippen LogP contribution is -2.28. The number of benzene rings is 2. The molecule has 3 aromatic rings. The first kappa shape index (κ1) is 20.6. The van der Waals surface area contributed by atoms with Gasteiger partial charge in [0.05, 0.1) is 20.0 Å². The molecular formula is C19H20FN5O3S. The van der Waals surface area contributed by atoms with E-state index < -0.39 is 5.82 Å². The molecule has 1 heterocycles. The second kappa shape index (κ2) is 9.37. The number of carbonyl (C=O) groups is 1. The standard InChI is InChI=1S/C19H20FN5O3S/c1-24(11-13-8-9-16(27-2)14(20)10-13)18(26)12-29-19-21-22-23-25(19)15-6-4-5-7-17(15)28-3/h4-10H,11-12H2,1-3H3. The Hall–Kier alpha value is -3.14. The van der Waals surface area contributed by atoms with Crippen molar-refractivity contribution in [1.29, 1.82) is 0 Å². The molecule has 0 N–H and O–H groups in total. The largest absolute Gasteiger partial charge is 0.494 e. The molecule has 0 fully saturated rings. The third-order valence-corrected chi connectivity index (χ3v) is 5.04. The van der Waals surface area contributed by atoms with Gasteiger partial charge in [-0.1, -0.05) is 30.0 Å². The Morgan fingerprint density at radius 1 is 1.17 bits per heavy atom. The lowest BCUT2D eigenvalue weighted by atomic mass is 10.2. The first-order valence-corrected chi connectivity index (χ1v) is 9.63. The number of hydrogen-bond donors (Lipinski definition) is 0. The zero-order valence-corrected chi connectivity index (χ0v) is 17.0. The molecule has 0 aliphatic rings. The molecule has 2 aromatic carbocycles. The second-order valence-corrected chi connectivity index (χ2v) is 6.99. The summed E-state index contributed by atoms with van der Waals surface area (Å²) in [6, 6.07) is 11.9. The fourth-order valence-corrected chi connectivity index (χ4v) is 3.46. The Labute approximate surface area is 171 Å². The maximum Gasteiger partial charge on any atom is 0.233 e. The van der Waals surface area contributed by atoms with Gasteiger partial charge in [0.1, 0.15) is 11.4 Å². The highest BCUT2D eigenvalue weighted by molar-refractivity contribution is 7.99. The highest BCUT2D eigenvalue weighted by Crippen LogP contribution is 2.25. The predicted molar refractivity (Wildman–Crippen MR) is 106 cm³/mol. The molecule has 1 amide bonds. The van der Waals surface area contributed by atoms with Gasteiger partial charge in [0.25, 0.3) is 0 Å². The molecule has 10 heteroatoms. The lowest BCUT2D eigenvalue weighted by Gasteiger charge is -2.17. The van der Waals surface area contributed by atoms with Gasteiger partial charge in [0.15, 0.2) is 11.6 Å². The maximum absolute atomic E-state index is 13.8. The Kier molecular flexibility index (Phi) is 6.65. The Bertz CT molecular complexity index is 997. The fraction of sp³-hybridized carbons (Fsp3) is 0.263. The molecular weight excluding hydrogens is 397 g/mol. The number of hydrogen-bond acceptors (Lipinski definition) is 7. The number of rotatable bonds is 8. The first-order valence-electron chi connectivity index (χ1n) is 8.64. The molecule has 0 unspecified atom stereocenters. The summed E-state index contributed by atoms with van der Waals surface area (Å²) in [5.74, 6) is 0.315. The summed E-state index contributed by atoms with van der Waals surface area (Å²) in [5.41, 5.74) is 1.35. The number of tetrazole rings is 1. The Morgan fingerprint density at radius 2 is 1.93 bits per heavy atom. The third kappa shape index (κ3) is 4.83. The molecule has 0 aliphatic heterocycles. The maximum atomic E-state index is 13.8. The first-order chi connectivity index (χ1) is 14.0. The van der Waals surface area contributed by atoms with Crippen LogP contribution in [0.15, 0.2) is 47.6 Å². The van der Waals surface area contributed by atoms with E-state index in [0.717, 1.165) is 0 Å². The smallest absolute Gasteiger partial charge is 0.233 e. The van der Waals surface area contributed by atoms with Crippen LogP contribution < -0.4 is 9.47 Å². The van der Waals surface area contributed by atoms with Gasteiger partial charge in [-0.15, -0.1) is 5.10 Å². The molecule has 8 nitrogen and oxygen atoms in total. The van der Waals surface area contributed by atoms with Crippen molar-refractivity contribution >= 4 is 17.7 Å². The monoisotopic (exact) mass is 417 g/mol. The number of nitrogens with zero attached hydrogens (tertiary/aromatic N) is 5. The summed E-state index contributed by atoms with van der Waals surface area (Å²) in [7, 11) is 4.63. The molecule has 1 aromatic heterocycles. The van der Waals surface area contributed by atoms with Crippen LogP contribution in [-0.2, 0) is 11.3 Å². The van der Waals surface area contributed by atoms with Gasteiger partial charge in [-0.25, -0.2) is 4.39 Å². The van der Waals surface area contributed by atoms with Crippen molar-refractivity contribution in [2.75, 3.05) is 27.0 Å². The van der Waals surface area contributed by atoms with Crippen LogP contribution in [0.1, 0.15) is 5.56 Å². The van der Waals surface area contributed by atoms with Crippen LogP contribution in [-0.4, -0.2) is 58.0 Å². The average Bonchev–Trinajstić information content (AvgIpc) is 3.20. The number of methoxy groups -OCH3 is 2. The van der Waals surface area contributed by atoms with Gasteiger partial charge in [-0.2, -0.15) is 4.68 Å². The number of amides is 1. The van der Waals surface area contributed by atoms with E-state index in [1.165, 1.54) is 34.5 Å². The van der Waals surface area contributed by atoms with E-state index in [1.807, 2.05) is 18.2 Å². The van der Waals surface area contributed by atoms with E-state index in [0.29, 0.717) is 22.2 Å². The lowest BCUT2D eigenvalue weighted by molar-refractivity contribution is -0.127. The number of halogens is 1. The molecule has 0 saturated heterocycles. The normalized spacial score (nSPS) is 10.6. The summed E-state index contributed by atoms with van der Waals surface area (Å²) >= 11 is 1.21. The van der Waals surface area contributed by atoms with Crippen LogP contribution in [0.3, 0.4) is 0 Å². The van der Waals surface area contributed by atoms with Gasteiger partial charge in [-0.3, -0.25) is 4.79 Å². The van der Waals surface area contributed by atoms with Crippen molar-refractivity contribution in [2.24, 2.45) is 0 Å². The number of ether oxygens (including phenoxy) is 2. The fourth-order valence-electron chi connectivity index (χ4n) is 2.63. The molecule has 152 valence electrons. The van der Waals surface area contributed by atoms with Crippen LogP contribution in [0.4, 0.5) is 4.39 Å². The molecule has 0 spiro atoms. The van der Waals surface area contributed by atoms with Gasteiger partial charge in [0, 0.05) is 13.6 Å². The molecule has 0 radical (unpaired) electrons. The van der Waals surface area contributed by atoms with Crippen LogP contribution >= 0.6 is 11.8 Å². The van der Waals surface area contributed by atoms with Crippen LogP contribution in [0, 0.1) is 5.82 Å². The summed E-state index contributed by atoms with van der Waals surface area (Å²) in [6.45, 7) is 0.276. The van der Waals surface area contributed by atoms with E-state index in [1.54, 1.807) is 32.4 Å². The second-order valence-electron chi connectivity index (χ2n) is 6.05. The molecule has 0 atom stereocenters. The molecule has 0 saturated carbocycles. The van der Waals surface area contributed by atoms with Crippen molar-refractivity contribution in [2.45, 2.75) is 11.7 Å². The molecule has 0 aliphatic carbocycles. The summed E-state index contributed by atoms with van der Waals surface area (Å²) in [5, 5.41) is 12.1. The highest BCUT2D eigenvalue weighted by atomic mass is 32.2. The average molecular weight is 417 g/mol. The Morgan fingerprint density at radius 3 is 2.66 bits per heavy atom. The van der Waals surface area contributed by atoms with E-state index in [2.05, 4.69) is 15.5 Å². The molecule has 29 heavy (non-hydrogen) atoms. The minimum atomic E-state index is -0.462. The van der Waals surface area contributed by atoms with E-state index in [4.69, 9.17) is 9.47 Å². The van der Waals surface area contributed by atoms with Crippen LogP contribution in [0.5, 0.6) is 11.5 Å². The molecule has 3 rings (SSSR count). The van der Waals surface area contributed by atoms with Crippen molar-refractivity contribution < 1.29 is 18.7 Å². The summed E-state index contributed by atoms with van der Waals surface area (Å²) < 4.78 is 25.6. The minimum absolute atomic E-state index is 0.130. The topological polar surface area (TPSA) is 82.4 Å². The third-order valence-electron chi connectivity index (χ3n) is 4.14. The van der Waals surface area contributed by atoms with Crippen molar-refractivity contribution in [1.82, 2.24) is 25.1 Å². The number of carbonyl (C=O) groups excluding carboxylic acids is 1. The number of thioether (sulfide) groups is 1. The van der Waals surface area contributed by atoms with Gasteiger partial charge < -0.3 is 14.4 Å². The van der Waals surface area contributed by atoms with E-state index in [9.17, 15) is 9.18 Å². The quantitative estimate of drug-likeness (QED) is 0.521. The number of para-hydroxylation sites is 2. The van der Waals surface area contributed by atoms with Gasteiger partial charge >= 0.3 is 0 Å². The van der Waals surface area contributed by atoms with Crippen molar-refractivity contribution in [3.63, 3.8) is 0 Å².